The first-order valence-electron chi connectivity index (χ1n) is 7.26. The van der Waals surface area contributed by atoms with Crippen LogP contribution in [-0.4, -0.2) is 37.5 Å². The number of carbonyl (C=O) groups is 1. The summed E-state index contributed by atoms with van der Waals surface area (Å²) in [6.45, 7) is 4.09. The summed E-state index contributed by atoms with van der Waals surface area (Å²) in [6, 6.07) is 6.80. The van der Waals surface area contributed by atoms with Crippen molar-refractivity contribution in [2.24, 2.45) is 0 Å². The van der Waals surface area contributed by atoms with Gasteiger partial charge in [-0.25, -0.2) is 0 Å². The number of aryl methyl sites for hydroxylation is 2. The van der Waals surface area contributed by atoms with Crippen LogP contribution in [0.1, 0.15) is 30.0 Å². The number of hydrogen-bond acceptors (Lipinski definition) is 2. The zero-order valence-electron chi connectivity index (χ0n) is 12.0. The molecule has 1 N–H and O–H groups in total. The van der Waals surface area contributed by atoms with E-state index in [-0.39, 0.29) is 5.91 Å². The predicted octanol–water partition coefficient (Wildman–Crippen LogP) is 1.79. The number of fused-ring (bicyclic) bond motifs is 1. The zero-order chi connectivity index (χ0) is 13.7. The van der Waals surface area contributed by atoms with Crippen LogP contribution in [0.2, 0.25) is 0 Å². The molecule has 104 valence electrons. The number of nitrogens with one attached hydrogen (secondary N) is 1. The van der Waals surface area contributed by atoms with Gasteiger partial charge in [0.25, 0.3) is 0 Å². The Kier molecular flexibility index (Phi) is 4.97. The van der Waals surface area contributed by atoms with Crippen LogP contribution in [0.3, 0.4) is 0 Å². The molecule has 2 rings (SSSR count). The number of rotatable bonds is 6. The van der Waals surface area contributed by atoms with Crippen molar-refractivity contribution >= 4 is 5.91 Å². The maximum Gasteiger partial charge on any atom is 0.236 e. The third-order valence-electron chi connectivity index (χ3n) is 3.85. The van der Waals surface area contributed by atoms with Gasteiger partial charge in [-0.3, -0.25) is 4.79 Å². The van der Waals surface area contributed by atoms with E-state index in [1.54, 1.807) is 0 Å². The monoisotopic (exact) mass is 260 g/mol. The summed E-state index contributed by atoms with van der Waals surface area (Å²) >= 11 is 0. The van der Waals surface area contributed by atoms with E-state index in [4.69, 9.17) is 0 Å². The summed E-state index contributed by atoms with van der Waals surface area (Å²) in [4.78, 5) is 13.6. The number of hydrogen-bond donors (Lipinski definition) is 1. The van der Waals surface area contributed by atoms with Gasteiger partial charge < -0.3 is 10.2 Å². The molecule has 1 aliphatic rings. The number of likely N-dealkylation sites (N-methyl/N-ethyl adjacent to an activating group) is 2. The molecule has 1 aromatic rings. The van der Waals surface area contributed by atoms with Crippen molar-refractivity contribution in [3.63, 3.8) is 0 Å². The van der Waals surface area contributed by atoms with Gasteiger partial charge in [0.1, 0.15) is 0 Å². The molecule has 0 bridgehead atoms. The third kappa shape index (κ3) is 3.80. The van der Waals surface area contributed by atoms with Gasteiger partial charge in [-0.2, -0.15) is 0 Å². The first kappa shape index (κ1) is 14.1. The molecule has 0 radical (unpaired) electrons. The Balaban J connectivity index is 1.83. The van der Waals surface area contributed by atoms with Gasteiger partial charge in [0.15, 0.2) is 0 Å². The topological polar surface area (TPSA) is 32.3 Å². The van der Waals surface area contributed by atoms with Crippen LogP contribution in [0.4, 0.5) is 0 Å². The van der Waals surface area contributed by atoms with E-state index >= 15 is 0 Å². The summed E-state index contributed by atoms with van der Waals surface area (Å²) in [5, 5.41) is 3.07. The Bertz CT molecular complexity index is 442. The molecule has 0 fully saturated rings. The molecule has 0 aromatic heterocycles. The molecule has 0 unspecified atom stereocenters. The molecule has 1 aliphatic carbocycles. The lowest BCUT2D eigenvalue weighted by atomic mass is 10.0. The lowest BCUT2D eigenvalue weighted by Gasteiger charge is -2.17. The quantitative estimate of drug-likeness (QED) is 0.845. The molecular weight excluding hydrogens is 236 g/mol. The first-order valence-corrected chi connectivity index (χ1v) is 7.26. The van der Waals surface area contributed by atoms with E-state index in [1.807, 2.05) is 18.9 Å². The normalized spacial score (nSPS) is 13.4. The molecule has 3 heteroatoms. The van der Waals surface area contributed by atoms with Gasteiger partial charge in [0.2, 0.25) is 5.91 Å². The SMILES string of the molecule is CCNCC(=O)N(C)CCc1ccc2c(c1)CCC2. The summed E-state index contributed by atoms with van der Waals surface area (Å²) in [6.07, 6.45) is 4.69. The Hall–Kier alpha value is -1.35. The lowest BCUT2D eigenvalue weighted by Crippen LogP contribution is -2.36. The second-order valence-electron chi connectivity index (χ2n) is 5.30. The minimum atomic E-state index is 0.169. The molecule has 1 aromatic carbocycles. The van der Waals surface area contributed by atoms with E-state index in [0.717, 1.165) is 19.5 Å². The fraction of sp³-hybridized carbons (Fsp3) is 0.562. The highest BCUT2D eigenvalue weighted by Gasteiger charge is 2.12. The van der Waals surface area contributed by atoms with Crippen LogP contribution in [-0.2, 0) is 24.1 Å². The number of amides is 1. The van der Waals surface area contributed by atoms with E-state index in [0.29, 0.717) is 6.54 Å². The predicted molar refractivity (Wildman–Crippen MR) is 78.4 cm³/mol. The maximum absolute atomic E-state index is 11.8. The van der Waals surface area contributed by atoms with Gasteiger partial charge in [-0.15, -0.1) is 0 Å². The van der Waals surface area contributed by atoms with Gasteiger partial charge in [-0.05, 0) is 48.9 Å². The molecule has 1 amide bonds. The Morgan fingerprint density at radius 3 is 2.89 bits per heavy atom. The molecule has 0 saturated heterocycles. The summed E-state index contributed by atoms with van der Waals surface area (Å²) in [5.74, 6) is 0.169. The molecule has 0 atom stereocenters. The highest BCUT2D eigenvalue weighted by Crippen LogP contribution is 2.22. The molecule has 19 heavy (non-hydrogen) atoms. The van der Waals surface area contributed by atoms with Crippen LogP contribution in [0.15, 0.2) is 18.2 Å². The fourth-order valence-electron chi connectivity index (χ4n) is 2.57. The average Bonchev–Trinajstić information content (AvgIpc) is 2.89. The van der Waals surface area contributed by atoms with Crippen molar-refractivity contribution in [2.45, 2.75) is 32.6 Å². The van der Waals surface area contributed by atoms with E-state index in [2.05, 4.69) is 23.5 Å². The molecule has 3 nitrogen and oxygen atoms in total. The van der Waals surface area contributed by atoms with Gasteiger partial charge >= 0.3 is 0 Å². The smallest absolute Gasteiger partial charge is 0.236 e. The Labute approximate surface area is 116 Å². The highest BCUT2D eigenvalue weighted by atomic mass is 16.2. The first-order chi connectivity index (χ1) is 9.20. The highest BCUT2D eigenvalue weighted by molar-refractivity contribution is 5.77. The molecule has 0 spiro atoms. The minimum absolute atomic E-state index is 0.169. The average molecular weight is 260 g/mol. The summed E-state index contributed by atoms with van der Waals surface area (Å²) in [7, 11) is 1.88. The van der Waals surface area contributed by atoms with E-state index in [9.17, 15) is 4.79 Å². The third-order valence-corrected chi connectivity index (χ3v) is 3.85. The van der Waals surface area contributed by atoms with Crippen molar-refractivity contribution in [3.05, 3.63) is 34.9 Å². The van der Waals surface area contributed by atoms with Crippen molar-refractivity contribution in [2.75, 3.05) is 26.7 Å². The maximum atomic E-state index is 11.8. The van der Waals surface area contributed by atoms with Crippen molar-refractivity contribution in [1.29, 1.82) is 0 Å². The van der Waals surface area contributed by atoms with Crippen molar-refractivity contribution < 1.29 is 4.79 Å². The van der Waals surface area contributed by atoms with Crippen LogP contribution in [0, 0.1) is 0 Å². The molecule has 0 aliphatic heterocycles. The minimum Gasteiger partial charge on any atom is -0.344 e. The van der Waals surface area contributed by atoms with Crippen molar-refractivity contribution in [1.82, 2.24) is 10.2 Å². The van der Waals surface area contributed by atoms with E-state index in [1.165, 1.54) is 36.0 Å². The second kappa shape index (κ2) is 6.71. The Morgan fingerprint density at radius 2 is 2.11 bits per heavy atom. The van der Waals surface area contributed by atoms with Crippen LogP contribution in [0.5, 0.6) is 0 Å². The molecule has 0 saturated carbocycles. The second-order valence-corrected chi connectivity index (χ2v) is 5.30. The Morgan fingerprint density at radius 1 is 1.32 bits per heavy atom. The molecular formula is C16H24N2O. The van der Waals surface area contributed by atoms with Gasteiger partial charge in [0.05, 0.1) is 6.54 Å². The lowest BCUT2D eigenvalue weighted by molar-refractivity contribution is -0.128. The van der Waals surface area contributed by atoms with Crippen LogP contribution >= 0.6 is 0 Å². The number of nitrogens with zero attached hydrogens (tertiary/aromatic N) is 1. The largest absolute Gasteiger partial charge is 0.344 e. The fourth-order valence-corrected chi connectivity index (χ4v) is 2.57. The van der Waals surface area contributed by atoms with Gasteiger partial charge in [0, 0.05) is 13.6 Å². The van der Waals surface area contributed by atoms with Crippen molar-refractivity contribution in [3.8, 4) is 0 Å². The van der Waals surface area contributed by atoms with Crippen LogP contribution < -0.4 is 5.32 Å². The van der Waals surface area contributed by atoms with Crippen LogP contribution in [0.25, 0.3) is 0 Å². The van der Waals surface area contributed by atoms with E-state index < -0.39 is 0 Å². The summed E-state index contributed by atoms with van der Waals surface area (Å²) < 4.78 is 0. The number of carbonyl (C=O) groups excluding carboxylic acids is 1. The standard InChI is InChI=1S/C16H24N2O/c1-3-17-12-16(19)18(2)10-9-13-7-8-14-5-4-6-15(14)11-13/h7-8,11,17H,3-6,9-10,12H2,1-2H3. The van der Waals surface area contributed by atoms with Gasteiger partial charge in [-0.1, -0.05) is 25.1 Å². The molecule has 0 heterocycles. The number of benzene rings is 1. The summed E-state index contributed by atoms with van der Waals surface area (Å²) in [5.41, 5.74) is 4.38. The zero-order valence-corrected chi connectivity index (χ0v) is 12.0.